The van der Waals surface area contributed by atoms with Crippen molar-refractivity contribution in [2.24, 2.45) is 0 Å². The molecule has 0 aromatic heterocycles. The second-order valence-electron chi connectivity index (χ2n) is 4.90. The van der Waals surface area contributed by atoms with Crippen LogP contribution in [-0.2, 0) is 11.0 Å². The molecular weight excluding hydrogens is 366 g/mol. The summed E-state index contributed by atoms with van der Waals surface area (Å²) in [6, 6.07) is 9.48. The van der Waals surface area contributed by atoms with Crippen LogP contribution in [0.3, 0.4) is 0 Å². The van der Waals surface area contributed by atoms with Gasteiger partial charge >= 0.3 is 6.18 Å². The maximum atomic E-state index is 12.8. The van der Waals surface area contributed by atoms with Gasteiger partial charge in [0, 0.05) is 10.7 Å². The summed E-state index contributed by atoms with van der Waals surface area (Å²) >= 11 is 11.3. The van der Waals surface area contributed by atoms with Crippen LogP contribution >= 0.6 is 23.2 Å². The molecule has 3 nitrogen and oxygen atoms in total. The van der Waals surface area contributed by atoms with Crippen molar-refractivity contribution < 1.29 is 22.7 Å². The molecule has 0 aliphatic carbocycles. The molecule has 2 aromatic rings. The number of hydrogen-bond acceptors (Lipinski definition) is 2. The van der Waals surface area contributed by atoms with E-state index in [0.29, 0.717) is 10.8 Å². The van der Waals surface area contributed by atoms with Crippen LogP contribution in [0.25, 0.3) is 0 Å². The number of hydrogen-bond donors (Lipinski definition) is 1. The lowest BCUT2D eigenvalue weighted by Gasteiger charge is -2.16. The van der Waals surface area contributed by atoms with Gasteiger partial charge in [0.25, 0.3) is 5.91 Å². The van der Waals surface area contributed by atoms with Gasteiger partial charge in [-0.05, 0) is 49.4 Å². The second kappa shape index (κ2) is 7.32. The van der Waals surface area contributed by atoms with E-state index in [9.17, 15) is 18.0 Å². The Bertz CT molecular complexity index is 733. The fourth-order valence-electron chi connectivity index (χ4n) is 1.83. The first-order chi connectivity index (χ1) is 11.2. The first-order valence-corrected chi connectivity index (χ1v) is 7.52. The van der Waals surface area contributed by atoms with Crippen LogP contribution in [0.5, 0.6) is 5.75 Å². The molecule has 2 rings (SSSR count). The Morgan fingerprint density at radius 2 is 1.75 bits per heavy atom. The van der Waals surface area contributed by atoms with Crippen LogP contribution in [0.15, 0.2) is 42.5 Å². The lowest BCUT2D eigenvalue weighted by molar-refractivity contribution is -0.137. The van der Waals surface area contributed by atoms with E-state index in [4.69, 9.17) is 27.9 Å². The minimum absolute atomic E-state index is 0.0247. The van der Waals surface area contributed by atoms with Gasteiger partial charge < -0.3 is 10.1 Å². The molecule has 0 unspecified atom stereocenters. The molecule has 0 saturated heterocycles. The molecule has 0 radical (unpaired) electrons. The molecule has 1 atom stereocenters. The smallest absolute Gasteiger partial charge is 0.417 e. The monoisotopic (exact) mass is 377 g/mol. The molecule has 8 heteroatoms. The Hall–Kier alpha value is -1.92. The Kier molecular flexibility index (Phi) is 5.62. The van der Waals surface area contributed by atoms with E-state index in [0.717, 1.165) is 12.1 Å². The third kappa shape index (κ3) is 4.79. The van der Waals surface area contributed by atoms with Gasteiger partial charge in [-0.2, -0.15) is 13.2 Å². The van der Waals surface area contributed by atoms with Gasteiger partial charge in [0.1, 0.15) is 5.75 Å². The van der Waals surface area contributed by atoms with Crippen LogP contribution in [-0.4, -0.2) is 12.0 Å². The van der Waals surface area contributed by atoms with Gasteiger partial charge in [-0.15, -0.1) is 0 Å². The minimum atomic E-state index is -4.61. The lowest BCUT2D eigenvalue weighted by atomic mass is 10.2. The van der Waals surface area contributed by atoms with Crippen LogP contribution in [0.1, 0.15) is 12.5 Å². The molecule has 0 heterocycles. The van der Waals surface area contributed by atoms with Crippen molar-refractivity contribution in [1.82, 2.24) is 0 Å². The summed E-state index contributed by atoms with van der Waals surface area (Å²) in [5, 5.41) is 2.44. The number of alkyl halides is 3. The van der Waals surface area contributed by atoms with Gasteiger partial charge in [-0.1, -0.05) is 23.2 Å². The number of benzene rings is 2. The Labute approximate surface area is 146 Å². The summed E-state index contributed by atoms with van der Waals surface area (Å²) < 4.78 is 43.8. The van der Waals surface area contributed by atoms with E-state index in [1.807, 2.05) is 0 Å². The topological polar surface area (TPSA) is 38.3 Å². The molecule has 0 spiro atoms. The summed E-state index contributed by atoms with van der Waals surface area (Å²) in [5.74, 6) is -0.186. The summed E-state index contributed by atoms with van der Waals surface area (Å²) in [5.41, 5.74) is -1.04. The Balaban J connectivity index is 2.07. The molecule has 128 valence electrons. The molecule has 0 bridgehead atoms. The molecule has 0 aliphatic rings. The van der Waals surface area contributed by atoms with Gasteiger partial charge in [0.05, 0.1) is 10.6 Å². The standard InChI is InChI=1S/C16H12Cl2F3NO2/c1-9(24-12-5-2-10(17)3-6-12)15(23)22-11-4-7-14(18)13(8-11)16(19,20)21/h2-9H,1H3,(H,22,23)/t9-/m1/s1. The van der Waals surface area contributed by atoms with Gasteiger partial charge in [0.15, 0.2) is 6.10 Å². The van der Waals surface area contributed by atoms with E-state index in [1.54, 1.807) is 24.3 Å². The van der Waals surface area contributed by atoms with Gasteiger partial charge in [0.2, 0.25) is 0 Å². The van der Waals surface area contributed by atoms with Crippen molar-refractivity contribution in [3.05, 3.63) is 58.1 Å². The molecule has 2 aromatic carbocycles. The Morgan fingerprint density at radius 3 is 2.33 bits per heavy atom. The average Bonchev–Trinajstić information content (AvgIpc) is 2.50. The fraction of sp³-hybridized carbons (Fsp3) is 0.188. The highest BCUT2D eigenvalue weighted by atomic mass is 35.5. The summed E-state index contributed by atoms with van der Waals surface area (Å²) in [4.78, 5) is 12.1. The zero-order chi connectivity index (χ0) is 17.9. The number of anilines is 1. The molecular formula is C16H12Cl2F3NO2. The maximum absolute atomic E-state index is 12.8. The number of rotatable bonds is 4. The zero-order valence-corrected chi connectivity index (χ0v) is 13.8. The number of carbonyl (C=O) groups is 1. The van der Waals surface area contributed by atoms with E-state index in [1.165, 1.54) is 13.0 Å². The van der Waals surface area contributed by atoms with Gasteiger partial charge in [-0.25, -0.2) is 0 Å². The molecule has 24 heavy (non-hydrogen) atoms. The predicted octanol–water partition coefficient (Wildman–Crippen LogP) is 5.42. The van der Waals surface area contributed by atoms with Crippen molar-refractivity contribution in [1.29, 1.82) is 0 Å². The van der Waals surface area contributed by atoms with Crippen LogP contribution in [0.2, 0.25) is 10.0 Å². The summed E-state index contributed by atoms with van der Waals surface area (Å²) in [7, 11) is 0. The highest BCUT2D eigenvalue weighted by molar-refractivity contribution is 6.31. The first-order valence-electron chi connectivity index (χ1n) is 6.76. The number of ether oxygens (including phenoxy) is 1. The van der Waals surface area contributed by atoms with Crippen molar-refractivity contribution >= 4 is 34.8 Å². The molecule has 0 fully saturated rings. The third-order valence-corrected chi connectivity index (χ3v) is 3.62. The zero-order valence-electron chi connectivity index (χ0n) is 12.3. The number of amides is 1. The highest BCUT2D eigenvalue weighted by Gasteiger charge is 2.33. The van der Waals surface area contributed by atoms with Crippen molar-refractivity contribution in [3.8, 4) is 5.75 Å². The lowest BCUT2D eigenvalue weighted by Crippen LogP contribution is -2.30. The van der Waals surface area contributed by atoms with Crippen LogP contribution in [0, 0.1) is 0 Å². The highest BCUT2D eigenvalue weighted by Crippen LogP contribution is 2.36. The van der Waals surface area contributed by atoms with E-state index in [-0.39, 0.29) is 5.69 Å². The van der Waals surface area contributed by atoms with Crippen LogP contribution in [0.4, 0.5) is 18.9 Å². The van der Waals surface area contributed by atoms with Crippen molar-refractivity contribution in [3.63, 3.8) is 0 Å². The molecule has 1 N–H and O–H groups in total. The largest absolute Gasteiger partial charge is 0.481 e. The fourth-order valence-corrected chi connectivity index (χ4v) is 2.19. The maximum Gasteiger partial charge on any atom is 0.417 e. The summed E-state index contributed by atoms with van der Waals surface area (Å²) in [6.07, 6.45) is -5.53. The molecule has 0 saturated carbocycles. The predicted molar refractivity (Wildman–Crippen MR) is 86.6 cm³/mol. The average molecular weight is 378 g/mol. The molecule has 0 aliphatic heterocycles. The van der Waals surface area contributed by atoms with Crippen molar-refractivity contribution in [2.45, 2.75) is 19.2 Å². The van der Waals surface area contributed by atoms with Crippen molar-refractivity contribution in [2.75, 3.05) is 5.32 Å². The normalized spacial score (nSPS) is 12.6. The summed E-state index contributed by atoms with van der Waals surface area (Å²) in [6.45, 7) is 1.48. The Morgan fingerprint density at radius 1 is 1.12 bits per heavy atom. The molecule has 1 amide bonds. The van der Waals surface area contributed by atoms with E-state index >= 15 is 0 Å². The third-order valence-electron chi connectivity index (χ3n) is 3.04. The van der Waals surface area contributed by atoms with Crippen LogP contribution < -0.4 is 10.1 Å². The van der Waals surface area contributed by atoms with Gasteiger partial charge in [-0.3, -0.25) is 4.79 Å². The SMILES string of the molecule is C[C@@H](Oc1ccc(Cl)cc1)C(=O)Nc1ccc(Cl)c(C(F)(F)F)c1. The first kappa shape index (κ1) is 18.4. The second-order valence-corrected chi connectivity index (χ2v) is 5.74. The quantitative estimate of drug-likeness (QED) is 0.772. The number of carbonyl (C=O) groups excluding carboxylic acids is 1. The van der Waals surface area contributed by atoms with E-state index < -0.39 is 28.8 Å². The minimum Gasteiger partial charge on any atom is -0.481 e. The van der Waals surface area contributed by atoms with E-state index in [2.05, 4.69) is 5.32 Å². The number of nitrogens with one attached hydrogen (secondary N) is 1. The number of halogens is 5.